The molecule has 0 atom stereocenters. The molecule has 1 aromatic carbocycles. The lowest BCUT2D eigenvalue weighted by atomic mass is 9.98. The molecule has 0 amide bonds. The number of allylic oxidation sites excluding steroid dienone is 2. The van der Waals surface area contributed by atoms with Crippen LogP contribution >= 0.6 is 0 Å². The lowest BCUT2D eigenvalue weighted by Crippen LogP contribution is -2.06. The predicted octanol–water partition coefficient (Wildman–Crippen LogP) is 4.08. The van der Waals surface area contributed by atoms with Gasteiger partial charge in [0.2, 0.25) is 0 Å². The van der Waals surface area contributed by atoms with Crippen LogP contribution < -0.4 is 0 Å². The van der Waals surface area contributed by atoms with Crippen molar-refractivity contribution in [3.63, 3.8) is 0 Å². The van der Waals surface area contributed by atoms with E-state index in [0.29, 0.717) is 6.04 Å². The Bertz CT molecular complexity index is 391. The number of hydrogen-bond acceptors (Lipinski definition) is 1. The fourth-order valence-electron chi connectivity index (χ4n) is 1.85. The Morgan fingerprint density at radius 3 is 2.19 bits per heavy atom. The van der Waals surface area contributed by atoms with Crippen LogP contribution in [0, 0.1) is 13.8 Å². The highest BCUT2D eigenvalue weighted by Crippen LogP contribution is 2.16. The van der Waals surface area contributed by atoms with E-state index in [4.69, 9.17) is 0 Å². The summed E-state index contributed by atoms with van der Waals surface area (Å²) < 4.78 is 0. The van der Waals surface area contributed by atoms with Gasteiger partial charge in [0.15, 0.2) is 0 Å². The highest BCUT2D eigenvalue weighted by atomic mass is 14.8. The van der Waals surface area contributed by atoms with Gasteiger partial charge < -0.3 is 0 Å². The first-order valence-corrected chi connectivity index (χ1v) is 5.83. The van der Waals surface area contributed by atoms with E-state index >= 15 is 0 Å². The Morgan fingerprint density at radius 1 is 1.19 bits per heavy atom. The minimum Gasteiger partial charge on any atom is -0.282 e. The molecule has 0 spiro atoms. The van der Waals surface area contributed by atoms with Gasteiger partial charge >= 0.3 is 0 Å². The van der Waals surface area contributed by atoms with Crippen molar-refractivity contribution in [2.45, 2.75) is 40.7 Å². The van der Waals surface area contributed by atoms with Gasteiger partial charge in [-0.25, -0.2) is 0 Å². The van der Waals surface area contributed by atoms with Crippen LogP contribution in [0.4, 0.5) is 0 Å². The maximum absolute atomic E-state index is 4.69. The SMILES string of the molecule is C/C=C\C(=NC(C)C)c1c(C)cccc1C. The van der Waals surface area contributed by atoms with Crippen molar-refractivity contribution in [3.8, 4) is 0 Å². The fraction of sp³-hybridized carbons (Fsp3) is 0.400. The predicted molar refractivity (Wildman–Crippen MR) is 72.4 cm³/mol. The molecule has 1 heteroatoms. The monoisotopic (exact) mass is 215 g/mol. The van der Waals surface area contributed by atoms with Crippen molar-refractivity contribution < 1.29 is 0 Å². The van der Waals surface area contributed by atoms with Gasteiger partial charge in [-0.3, -0.25) is 4.99 Å². The first-order chi connectivity index (χ1) is 7.56. The van der Waals surface area contributed by atoms with E-state index < -0.39 is 0 Å². The summed E-state index contributed by atoms with van der Waals surface area (Å²) in [5, 5.41) is 0. The highest BCUT2D eigenvalue weighted by Gasteiger charge is 2.07. The summed E-state index contributed by atoms with van der Waals surface area (Å²) in [7, 11) is 0. The zero-order valence-electron chi connectivity index (χ0n) is 10.9. The molecule has 0 fully saturated rings. The van der Waals surface area contributed by atoms with Gasteiger partial charge in [0.25, 0.3) is 0 Å². The van der Waals surface area contributed by atoms with Crippen molar-refractivity contribution in [2.24, 2.45) is 4.99 Å². The standard InChI is InChI=1S/C15H21N/c1-6-8-14(16-11(2)3)15-12(4)9-7-10-13(15)5/h6-11H,1-5H3/b8-6-,16-14?. The lowest BCUT2D eigenvalue weighted by molar-refractivity contribution is 0.837. The van der Waals surface area contributed by atoms with E-state index in [1.807, 2.05) is 13.0 Å². The van der Waals surface area contributed by atoms with Gasteiger partial charge in [-0.1, -0.05) is 24.3 Å². The Balaban J connectivity index is 3.32. The normalized spacial score (nSPS) is 12.8. The molecule has 0 heterocycles. The summed E-state index contributed by atoms with van der Waals surface area (Å²) in [5.41, 5.74) is 4.94. The maximum atomic E-state index is 4.69. The smallest absolute Gasteiger partial charge is 0.0651 e. The van der Waals surface area contributed by atoms with E-state index in [1.165, 1.54) is 16.7 Å². The van der Waals surface area contributed by atoms with Crippen molar-refractivity contribution in [1.82, 2.24) is 0 Å². The fourth-order valence-corrected chi connectivity index (χ4v) is 1.85. The molecule has 0 saturated carbocycles. The van der Waals surface area contributed by atoms with Crippen molar-refractivity contribution in [3.05, 3.63) is 47.0 Å². The Morgan fingerprint density at radius 2 is 1.75 bits per heavy atom. The molecular weight excluding hydrogens is 194 g/mol. The average molecular weight is 215 g/mol. The second kappa shape index (κ2) is 5.64. The van der Waals surface area contributed by atoms with Crippen LogP contribution in [0.2, 0.25) is 0 Å². The lowest BCUT2D eigenvalue weighted by Gasteiger charge is -2.11. The van der Waals surface area contributed by atoms with Gasteiger partial charge in [0, 0.05) is 11.6 Å². The summed E-state index contributed by atoms with van der Waals surface area (Å²) >= 11 is 0. The van der Waals surface area contributed by atoms with E-state index in [2.05, 4.69) is 57.0 Å². The Labute approximate surface area is 98.9 Å². The zero-order valence-corrected chi connectivity index (χ0v) is 10.9. The minimum absolute atomic E-state index is 0.324. The minimum atomic E-state index is 0.324. The topological polar surface area (TPSA) is 12.4 Å². The van der Waals surface area contributed by atoms with Crippen LogP contribution in [-0.2, 0) is 0 Å². The molecule has 86 valence electrons. The quantitative estimate of drug-likeness (QED) is 0.674. The summed E-state index contributed by atoms with van der Waals surface area (Å²) in [6, 6.07) is 6.70. The Kier molecular flexibility index (Phi) is 4.48. The first-order valence-electron chi connectivity index (χ1n) is 5.83. The molecule has 1 nitrogen and oxygen atoms in total. The van der Waals surface area contributed by atoms with Crippen LogP contribution in [0.5, 0.6) is 0 Å². The molecule has 0 aromatic heterocycles. The van der Waals surface area contributed by atoms with Gasteiger partial charge in [0.05, 0.1) is 5.71 Å². The largest absolute Gasteiger partial charge is 0.282 e. The number of benzene rings is 1. The summed E-state index contributed by atoms with van der Waals surface area (Å²) in [5.74, 6) is 0. The van der Waals surface area contributed by atoms with E-state index in [9.17, 15) is 0 Å². The van der Waals surface area contributed by atoms with Crippen LogP contribution in [0.15, 0.2) is 35.3 Å². The van der Waals surface area contributed by atoms with E-state index in [0.717, 1.165) is 5.71 Å². The second-order valence-corrected chi connectivity index (χ2v) is 4.37. The molecule has 0 radical (unpaired) electrons. The summed E-state index contributed by atoms with van der Waals surface area (Å²) in [4.78, 5) is 4.69. The van der Waals surface area contributed by atoms with Crippen LogP contribution in [0.1, 0.15) is 37.5 Å². The van der Waals surface area contributed by atoms with Gasteiger partial charge in [-0.05, 0) is 51.8 Å². The van der Waals surface area contributed by atoms with Crippen molar-refractivity contribution in [1.29, 1.82) is 0 Å². The van der Waals surface area contributed by atoms with E-state index in [-0.39, 0.29) is 0 Å². The molecule has 0 saturated heterocycles. The molecule has 0 bridgehead atoms. The highest BCUT2D eigenvalue weighted by molar-refractivity contribution is 6.10. The van der Waals surface area contributed by atoms with Crippen molar-refractivity contribution in [2.75, 3.05) is 0 Å². The Hall–Kier alpha value is -1.37. The number of aryl methyl sites for hydroxylation is 2. The average Bonchev–Trinajstić information content (AvgIpc) is 2.16. The molecular formula is C15H21N. The first kappa shape index (κ1) is 12.7. The summed E-state index contributed by atoms with van der Waals surface area (Å²) in [6.07, 6.45) is 4.14. The van der Waals surface area contributed by atoms with Crippen molar-refractivity contribution >= 4 is 5.71 Å². The third-order valence-corrected chi connectivity index (χ3v) is 2.46. The zero-order chi connectivity index (χ0) is 12.1. The molecule has 0 N–H and O–H groups in total. The van der Waals surface area contributed by atoms with Crippen LogP contribution in [0.25, 0.3) is 0 Å². The number of nitrogens with zero attached hydrogens (tertiary/aromatic N) is 1. The third-order valence-electron chi connectivity index (χ3n) is 2.46. The number of hydrogen-bond donors (Lipinski definition) is 0. The van der Waals surface area contributed by atoms with Gasteiger partial charge in [-0.15, -0.1) is 0 Å². The molecule has 0 aliphatic heterocycles. The molecule has 1 rings (SSSR count). The molecule has 1 aromatic rings. The molecule has 0 unspecified atom stereocenters. The maximum Gasteiger partial charge on any atom is 0.0651 e. The molecule has 0 aliphatic rings. The van der Waals surface area contributed by atoms with Crippen LogP contribution in [0.3, 0.4) is 0 Å². The van der Waals surface area contributed by atoms with Gasteiger partial charge in [0.1, 0.15) is 0 Å². The number of rotatable bonds is 3. The molecule has 0 aliphatic carbocycles. The van der Waals surface area contributed by atoms with Gasteiger partial charge in [-0.2, -0.15) is 0 Å². The second-order valence-electron chi connectivity index (χ2n) is 4.37. The summed E-state index contributed by atoms with van der Waals surface area (Å²) in [6.45, 7) is 10.5. The molecule has 16 heavy (non-hydrogen) atoms. The van der Waals surface area contributed by atoms with Crippen LogP contribution in [-0.4, -0.2) is 11.8 Å². The van der Waals surface area contributed by atoms with E-state index in [1.54, 1.807) is 0 Å². The third kappa shape index (κ3) is 3.06. The number of aliphatic imine (C=N–C) groups is 1.